The first-order valence-electron chi connectivity index (χ1n) is 6.53. The molecule has 21 heavy (non-hydrogen) atoms. The van der Waals surface area contributed by atoms with Crippen LogP contribution in [0.4, 0.5) is 11.4 Å². The summed E-state index contributed by atoms with van der Waals surface area (Å²) >= 11 is 3.50. The lowest BCUT2D eigenvalue weighted by Gasteiger charge is -2.13. The second kappa shape index (κ2) is 7.13. The number of nitrogens with one attached hydrogen (secondary N) is 2. The number of halogens is 1. The molecule has 0 aromatic heterocycles. The molecule has 2 N–H and O–H groups in total. The Balaban J connectivity index is 2.15. The molecule has 0 radical (unpaired) electrons. The van der Waals surface area contributed by atoms with Crippen LogP contribution in [-0.4, -0.2) is 13.0 Å². The average molecular weight is 349 g/mol. The molecule has 0 fully saturated rings. The number of hydrogen-bond acceptors (Lipinski definition) is 3. The molecule has 0 saturated carbocycles. The normalized spacial score (nSPS) is 10.0. The maximum atomic E-state index is 11.2. The van der Waals surface area contributed by atoms with Crippen molar-refractivity contribution in [1.29, 1.82) is 0 Å². The van der Waals surface area contributed by atoms with Crippen molar-refractivity contribution in [3.63, 3.8) is 0 Å². The van der Waals surface area contributed by atoms with E-state index < -0.39 is 0 Å². The molecular weight excluding hydrogens is 332 g/mol. The smallest absolute Gasteiger partial charge is 0.221 e. The number of carbonyl (C=O) groups is 1. The minimum absolute atomic E-state index is 0.0787. The number of para-hydroxylation sites is 1. The highest BCUT2D eigenvalue weighted by Gasteiger charge is 2.05. The molecule has 0 bridgehead atoms. The first-order valence-corrected chi connectivity index (χ1v) is 7.32. The quantitative estimate of drug-likeness (QED) is 0.857. The summed E-state index contributed by atoms with van der Waals surface area (Å²) in [6, 6.07) is 13.5. The average Bonchev–Trinajstić information content (AvgIpc) is 2.47. The van der Waals surface area contributed by atoms with Gasteiger partial charge in [-0.25, -0.2) is 0 Å². The second-order valence-electron chi connectivity index (χ2n) is 4.54. The second-order valence-corrected chi connectivity index (χ2v) is 5.39. The summed E-state index contributed by atoms with van der Waals surface area (Å²) in [6.45, 7) is 2.10. The lowest BCUT2D eigenvalue weighted by molar-refractivity contribution is -0.114. The Labute approximate surface area is 132 Å². The molecular formula is C16H17BrN2O2. The molecule has 0 aliphatic rings. The highest BCUT2D eigenvalue weighted by molar-refractivity contribution is 9.10. The molecule has 5 heteroatoms. The number of carbonyl (C=O) groups excluding carboxylic acids is 1. The summed E-state index contributed by atoms with van der Waals surface area (Å²) in [4.78, 5) is 11.2. The van der Waals surface area contributed by atoms with Crippen LogP contribution < -0.4 is 15.4 Å². The Morgan fingerprint density at radius 2 is 1.95 bits per heavy atom. The van der Waals surface area contributed by atoms with E-state index in [9.17, 15) is 4.79 Å². The molecule has 0 spiro atoms. The minimum Gasteiger partial charge on any atom is -0.497 e. The van der Waals surface area contributed by atoms with E-state index in [1.165, 1.54) is 6.92 Å². The van der Waals surface area contributed by atoms with E-state index in [-0.39, 0.29) is 5.91 Å². The Bertz CT molecular complexity index is 644. The van der Waals surface area contributed by atoms with Gasteiger partial charge in [-0.2, -0.15) is 0 Å². The first kappa shape index (κ1) is 15.4. The predicted octanol–water partition coefficient (Wildman–Crippen LogP) is 4.03. The monoisotopic (exact) mass is 348 g/mol. The number of anilines is 2. The molecule has 2 rings (SSSR count). The number of ether oxygens (including phenoxy) is 1. The number of amides is 1. The fourth-order valence-electron chi connectivity index (χ4n) is 1.94. The fraction of sp³-hybridized carbons (Fsp3) is 0.188. The topological polar surface area (TPSA) is 50.4 Å². The van der Waals surface area contributed by atoms with E-state index >= 15 is 0 Å². The molecule has 0 heterocycles. The van der Waals surface area contributed by atoms with Crippen LogP contribution in [0.2, 0.25) is 0 Å². The van der Waals surface area contributed by atoms with Gasteiger partial charge in [-0.3, -0.25) is 4.79 Å². The van der Waals surface area contributed by atoms with E-state index in [0.717, 1.165) is 27.2 Å². The molecule has 110 valence electrons. The lowest BCUT2D eigenvalue weighted by Crippen LogP contribution is -2.10. The van der Waals surface area contributed by atoms with Crippen LogP contribution in [0.1, 0.15) is 12.5 Å². The predicted molar refractivity (Wildman–Crippen MR) is 88.8 cm³/mol. The standard InChI is InChI=1S/C16H17BrN2O2/c1-11(20)19-15-6-4-3-5-12(15)10-18-16-9-13(21-2)7-8-14(16)17/h3-9,18H,10H2,1-2H3,(H,19,20). The molecule has 2 aromatic carbocycles. The van der Waals surface area contributed by atoms with Crippen LogP contribution in [0, 0.1) is 0 Å². The molecule has 4 nitrogen and oxygen atoms in total. The maximum Gasteiger partial charge on any atom is 0.221 e. The first-order chi connectivity index (χ1) is 10.1. The van der Waals surface area contributed by atoms with Crippen molar-refractivity contribution in [3.05, 3.63) is 52.5 Å². The molecule has 2 aromatic rings. The summed E-state index contributed by atoms with van der Waals surface area (Å²) < 4.78 is 6.18. The number of methoxy groups -OCH3 is 1. The molecule has 0 saturated heterocycles. The molecule has 1 amide bonds. The van der Waals surface area contributed by atoms with E-state index in [1.54, 1.807) is 7.11 Å². The van der Waals surface area contributed by atoms with Crippen molar-refractivity contribution in [2.45, 2.75) is 13.5 Å². The van der Waals surface area contributed by atoms with Crippen molar-refractivity contribution < 1.29 is 9.53 Å². The zero-order chi connectivity index (χ0) is 15.2. The third kappa shape index (κ3) is 4.23. The Morgan fingerprint density at radius 1 is 1.19 bits per heavy atom. The van der Waals surface area contributed by atoms with Gasteiger partial charge in [-0.05, 0) is 39.7 Å². The zero-order valence-corrected chi connectivity index (χ0v) is 13.5. The van der Waals surface area contributed by atoms with E-state index in [0.29, 0.717) is 6.54 Å². The summed E-state index contributed by atoms with van der Waals surface area (Å²) in [5.74, 6) is 0.709. The van der Waals surface area contributed by atoms with Crippen LogP contribution in [0.15, 0.2) is 46.9 Å². The van der Waals surface area contributed by atoms with Gasteiger partial charge in [-0.1, -0.05) is 18.2 Å². The summed E-state index contributed by atoms with van der Waals surface area (Å²) in [5.41, 5.74) is 2.77. The van der Waals surface area contributed by atoms with Crippen molar-refractivity contribution in [2.24, 2.45) is 0 Å². The summed E-state index contributed by atoms with van der Waals surface area (Å²) in [7, 11) is 1.64. The van der Waals surface area contributed by atoms with Crippen LogP contribution in [0.25, 0.3) is 0 Å². The van der Waals surface area contributed by atoms with Gasteiger partial charge in [0.1, 0.15) is 5.75 Å². The maximum absolute atomic E-state index is 11.2. The van der Waals surface area contributed by atoms with E-state index in [2.05, 4.69) is 26.6 Å². The van der Waals surface area contributed by atoms with Gasteiger partial charge in [0.2, 0.25) is 5.91 Å². The molecule has 0 unspecified atom stereocenters. The number of hydrogen-bond donors (Lipinski definition) is 2. The third-order valence-electron chi connectivity index (χ3n) is 2.97. The number of benzene rings is 2. The third-order valence-corrected chi connectivity index (χ3v) is 3.66. The summed E-state index contributed by atoms with van der Waals surface area (Å²) in [6.07, 6.45) is 0. The van der Waals surface area contributed by atoms with Crippen LogP contribution in [0.5, 0.6) is 5.75 Å². The van der Waals surface area contributed by atoms with Crippen LogP contribution in [-0.2, 0) is 11.3 Å². The summed E-state index contributed by atoms with van der Waals surface area (Å²) in [5, 5.41) is 6.17. The van der Waals surface area contributed by atoms with Crippen LogP contribution >= 0.6 is 15.9 Å². The number of rotatable bonds is 5. The Hall–Kier alpha value is -2.01. The van der Waals surface area contributed by atoms with Gasteiger partial charge in [-0.15, -0.1) is 0 Å². The van der Waals surface area contributed by atoms with Gasteiger partial charge in [0.15, 0.2) is 0 Å². The van der Waals surface area contributed by atoms with Gasteiger partial charge in [0.05, 0.1) is 12.8 Å². The van der Waals surface area contributed by atoms with Crippen molar-refractivity contribution >= 4 is 33.2 Å². The van der Waals surface area contributed by atoms with Gasteiger partial charge < -0.3 is 15.4 Å². The van der Waals surface area contributed by atoms with Crippen molar-refractivity contribution in [1.82, 2.24) is 0 Å². The highest BCUT2D eigenvalue weighted by Crippen LogP contribution is 2.28. The Kier molecular flexibility index (Phi) is 5.22. The lowest BCUT2D eigenvalue weighted by atomic mass is 10.1. The van der Waals surface area contributed by atoms with Crippen LogP contribution in [0.3, 0.4) is 0 Å². The minimum atomic E-state index is -0.0787. The fourth-order valence-corrected chi connectivity index (χ4v) is 2.33. The highest BCUT2D eigenvalue weighted by atomic mass is 79.9. The van der Waals surface area contributed by atoms with Gasteiger partial charge >= 0.3 is 0 Å². The Morgan fingerprint density at radius 3 is 2.67 bits per heavy atom. The largest absolute Gasteiger partial charge is 0.497 e. The molecule has 0 aliphatic heterocycles. The molecule has 0 aliphatic carbocycles. The van der Waals surface area contributed by atoms with Crippen molar-refractivity contribution in [2.75, 3.05) is 17.7 Å². The van der Waals surface area contributed by atoms with E-state index in [4.69, 9.17) is 4.74 Å². The SMILES string of the molecule is COc1ccc(Br)c(NCc2ccccc2NC(C)=O)c1. The van der Waals surface area contributed by atoms with Gasteiger partial charge in [0.25, 0.3) is 0 Å². The molecule has 0 atom stereocenters. The van der Waals surface area contributed by atoms with Gasteiger partial charge in [0, 0.05) is 29.7 Å². The zero-order valence-electron chi connectivity index (χ0n) is 11.9. The van der Waals surface area contributed by atoms with Crippen molar-refractivity contribution in [3.8, 4) is 5.75 Å². The van der Waals surface area contributed by atoms with E-state index in [1.807, 2.05) is 42.5 Å².